The van der Waals surface area contributed by atoms with Gasteiger partial charge in [0.1, 0.15) is 5.75 Å². The van der Waals surface area contributed by atoms with Gasteiger partial charge in [0.25, 0.3) is 0 Å². The lowest BCUT2D eigenvalue weighted by molar-refractivity contribution is -0.137. The Hall–Kier alpha value is -2.04. The zero-order valence-electron chi connectivity index (χ0n) is 11.7. The van der Waals surface area contributed by atoms with Gasteiger partial charge in [-0.3, -0.25) is 9.59 Å². The van der Waals surface area contributed by atoms with Crippen LogP contribution >= 0.6 is 0 Å². The van der Waals surface area contributed by atoms with Crippen molar-refractivity contribution < 1.29 is 19.4 Å². The van der Waals surface area contributed by atoms with E-state index in [1.54, 1.807) is 0 Å². The number of rotatable bonds is 9. The Kier molecular flexibility index (Phi) is 7.17. The molecule has 1 rings (SSSR count). The van der Waals surface area contributed by atoms with Gasteiger partial charge < -0.3 is 15.2 Å². The number of carbonyl (C=O) groups excluding carboxylic acids is 1. The average Bonchev–Trinajstić information content (AvgIpc) is 2.43. The monoisotopic (exact) mass is 279 g/mol. The first kappa shape index (κ1) is 16.0. The van der Waals surface area contributed by atoms with Crippen LogP contribution in [0.4, 0.5) is 0 Å². The van der Waals surface area contributed by atoms with E-state index >= 15 is 0 Å². The number of para-hydroxylation sites is 1. The molecule has 5 nitrogen and oxygen atoms in total. The molecule has 0 bridgehead atoms. The van der Waals surface area contributed by atoms with Gasteiger partial charge >= 0.3 is 5.97 Å². The van der Waals surface area contributed by atoms with Gasteiger partial charge in [0, 0.05) is 12.5 Å². The van der Waals surface area contributed by atoms with E-state index < -0.39 is 5.97 Å². The third-order valence-corrected chi connectivity index (χ3v) is 2.84. The quantitative estimate of drug-likeness (QED) is 0.680. The highest BCUT2D eigenvalue weighted by molar-refractivity contribution is 5.77. The Balaban J connectivity index is 2.18. The second-order valence-corrected chi connectivity index (χ2v) is 4.54. The van der Waals surface area contributed by atoms with Crippen LogP contribution in [0.1, 0.15) is 32.6 Å². The zero-order valence-corrected chi connectivity index (χ0v) is 11.7. The highest BCUT2D eigenvalue weighted by Crippen LogP contribution is 2.08. The van der Waals surface area contributed by atoms with Crippen LogP contribution in [-0.4, -0.2) is 29.6 Å². The summed E-state index contributed by atoms with van der Waals surface area (Å²) in [4.78, 5) is 22.2. The molecule has 0 aliphatic rings. The van der Waals surface area contributed by atoms with Gasteiger partial charge in [0.15, 0.2) is 0 Å². The molecule has 1 amide bonds. The second-order valence-electron chi connectivity index (χ2n) is 4.54. The van der Waals surface area contributed by atoms with Crippen molar-refractivity contribution in [1.82, 2.24) is 5.32 Å². The van der Waals surface area contributed by atoms with Crippen molar-refractivity contribution >= 4 is 11.9 Å². The summed E-state index contributed by atoms with van der Waals surface area (Å²) in [7, 11) is 0. The first-order valence-corrected chi connectivity index (χ1v) is 6.80. The normalized spacial score (nSPS) is 11.7. The van der Waals surface area contributed by atoms with Crippen LogP contribution in [0.5, 0.6) is 5.75 Å². The summed E-state index contributed by atoms with van der Waals surface area (Å²) in [6.45, 7) is 2.32. The maximum absolute atomic E-state index is 11.6. The first-order valence-electron chi connectivity index (χ1n) is 6.80. The fourth-order valence-electron chi connectivity index (χ4n) is 1.75. The Labute approximate surface area is 118 Å². The second kappa shape index (κ2) is 8.96. The Bertz CT molecular complexity index is 419. The molecule has 0 aliphatic heterocycles. The number of carboxylic acid groups (broad SMARTS) is 1. The molecule has 0 aliphatic carbocycles. The molecule has 5 heteroatoms. The Morgan fingerprint density at radius 1 is 1.30 bits per heavy atom. The smallest absolute Gasteiger partial charge is 0.305 e. The van der Waals surface area contributed by atoms with Crippen molar-refractivity contribution in [3.63, 3.8) is 0 Å². The summed E-state index contributed by atoms with van der Waals surface area (Å²) >= 11 is 0. The van der Waals surface area contributed by atoms with Gasteiger partial charge in [-0.15, -0.1) is 0 Å². The molecule has 1 aromatic carbocycles. The molecular formula is C15H21NO4. The van der Waals surface area contributed by atoms with Crippen LogP contribution in [-0.2, 0) is 9.59 Å². The van der Waals surface area contributed by atoms with Crippen molar-refractivity contribution in [3.8, 4) is 5.75 Å². The van der Waals surface area contributed by atoms with Crippen molar-refractivity contribution in [2.75, 3.05) is 6.61 Å². The lowest BCUT2D eigenvalue weighted by Crippen LogP contribution is -2.36. The van der Waals surface area contributed by atoms with E-state index in [-0.39, 0.29) is 18.4 Å². The van der Waals surface area contributed by atoms with Gasteiger partial charge in [-0.05, 0) is 25.0 Å². The fraction of sp³-hybridized carbons (Fsp3) is 0.467. The van der Waals surface area contributed by atoms with Crippen LogP contribution in [0.15, 0.2) is 30.3 Å². The molecule has 1 unspecified atom stereocenters. The van der Waals surface area contributed by atoms with Crippen LogP contribution in [0, 0.1) is 0 Å². The third kappa shape index (κ3) is 6.78. The van der Waals surface area contributed by atoms with Gasteiger partial charge in [-0.25, -0.2) is 0 Å². The van der Waals surface area contributed by atoms with Crippen LogP contribution in [0.25, 0.3) is 0 Å². The maximum Gasteiger partial charge on any atom is 0.305 e. The lowest BCUT2D eigenvalue weighted by Gasteiger charge is -2.14. The largest absolute Gasteiger partial charge is 0.494 e. The summed E-state index contributed by atoms with van der Waals surface area (Å²) in [5.74, 6) is -0.246. The molecule has 0 aromatic heterocycles. The molecule has 1 aromatic rings. The number of benzene rings is 1. The van der Waals surface area contributed by atoms with E-state index in [9.17, 15) is 9.59 Å². The summed E-state index contributed by atoms with van der Waals surface area (Å²) in [6.07, 6.45) is 1.51. The molecule has 0 spiro atoms. The summed E-state index contributed by atoms with van der Waals surface area (Å²) in [6, 6.07) is 9.11. The van der Waals surface area contributed by atoms with E-state index in [0.29, 0.717) is 25.9 Å². The topological polar surface area (TPSA) is 75.6 Å². The molecule has 0 heterocycles. The van der Waals surface area contributed by atoms with E-state index in [1.807, 2.05) is 37.3 Å². The van der Waals surface area contributed by atoms with Gasteiger partial charge in [0.2, 0.25) is 5.91 Å². The SMILES string of the molecule is CCC(CC(=O)O)NC(=O)CCCOc1ccccc1. The standard InChI is InChI=1S/C15H21NO4/c1-2-12(11-15(18)19)16-14(17)9-6-10-20-13-7-4-3-5-8-13/h3-5,7-8,12H,2,6,9-11H2,1H3,(H,16,17)(H,18,19). The summed E-state index contributed by atoms with van der Waals surface area (Å²) in [5, 5.41) is 11.4. The number of aliphatic carboxylic acids is 1. The van der Waals surface area contributed by atoms with Crippen molar-refractivity contribution in [2.24, 2.45) is 0 Å². The lowest BCUT2D eigenvalue weighted by atomic mass is 10.1. The van der Waals surface area contributed by atoms with E-state index in [4.69, 9.17) is 9.84 Å². The van der Waals surface area contributed by atoms with Gasteiger partial charge in [0.05, 0.1) is 13.0 Å². The highest BCUT2D eigenvalue weighted by Gasteiger charge is 2.13. The van der Waals surface area contributed by atoms with E-state index in [0.717, 1.165) is 5.75 Å². The fourth-order valence-corrected chi connectivity index (χ4v) is 1.75. The molecule has 1 atom stereocenters. The number of amides is 1. The van der Waals surface area contributed by atoms with Crippen LogP contribution in [0.2, 0.25) is 0 Å². The molecule has 20 heavy (non-hydrogen) atoms. The molecule has 0 fully saturated rings. The minimum absolute atomic E-state index is 0.0389. The first-order chi connectivity index (χ1) is 9.61. The molecule has 0 radical (unpaired) electrons. The third-order valence-electron chi connectivity index (χ3n) is 2.84. The summed E-state index contributed by atoms with van der Waals surface area (Å²) < 4.78 is 5.48. The summed E-state index contributed by atoms with van der Waals surface area (Å²) in [5.41, 5.74) is 0. The molecule has 2 N–H and O–H groups in total. The number of carbonyl (C=O) groups is 2. The minimum Gasteiger partial charge on any atom is -0.494 e. The number of hydrogen-bond donors (Lipinski definition) is 2. The van der Waals surface area contributed by atoms with Crippen molar-refractivity contribution in [3.05, 3.63) is 30.3 Å². The molecule has 0 saturated heterocycles. The highest BCUT2D eigenvalue weighted by atomic mass is 16.5. The molecule has 110 valence electrons. The van der Waals surface area contributed by atoms with Crippen LogP contribution in [0.3, 0.4) is 0 Å². The predicted octanol–water partition coefficient (Wildman–Crippen LogP) is 2.22. The number of carboxylic acids is 1. The molecule has 0 saturated carbocycles. The van der Waals surface area contributed by atoms with E-state index in [1.165, 1.54) is 0 Å². The van der Waals surface area contributed by atoms with E-state index in [2.05, 4.69) is 5.32 Å². The molecular weight excluding hydrogens is 258 g/mol. The van der Waals surface area contributed by atoms with Crippen molar-refractivity contribution in [1.29, 1.82) is 0 Å². The zero-order chi connectivity index (χ0) is 14.8. The number of hydrogen-bond acceptors (Lipinski definition) is 3. The minimum atomic E-state index is -0.899. The number of nitrogens with one attached hydrogen (secondary N) is 1. The average molecular weight is 279 g/mol. The Morgan fingerprint density at radius 3 is 2.60 bits per heavy atom. The van der Waals surface area contributed by atoms with Gasteiger partial charge in [-0.1, -0.05) is 25.1 Å². The van der Waals surface area contributed by atoms with Crippen molar-refractivity contribution in [2.45, 2.75) is 38.6 Å². The van der Waals surface area contributed by atoms with Gasteiger partial charge in [-0.2, -0.15) is 0 Å². The van der Waals surface area contributed by atoms with Crippen LogP contribution < -0.4 is 10.1 Å². The number of ether oxygens (including phenoxy) is 1. The Morgan fingerprint density at radius 2 is 2.00 bits per heavy atom. The predicted molar refractivity (Wildman–Crippen MR) is 75.6 cm³/mol. The maximum atomic E-state index is 11.6.